The zero-order chi connectivity index (χ0) is 23.7. The summed E-state index contributed by atoms with van der Waals surface area (Å²) >= 11 is 0. The molecule has 0 atom stereocenters. The third-order valence-electron chi connectivity index (χ3n) is 6.91. The van der Waals surface area contributed by atoms with Crippen molar-refractivity contribution in [1.29, 1.82) is 0 Å². The van der Waals surface area contributed by atoms with Gasteiger partial charge in [-0.15, -0.1) is 0 Å². The quantitative estimate of drug-likeness (QED) is 0.444. The second-order valence-electron chi connectivity index (χ2n) is 9.09. The number of nitrogens with one attached hydrogen (secondary N) is 2. The number of amides is 2. The van der Waals surface area contributed by atoms with Crippen molar-refractivity contribution in [2.24, 2.45) is 5.92 Å². The maximum Gasteiger partial charge on any atom is 0.253 e. The first-order valence-corrected chi connectivity index (χ1v) is 11.8. The molecule has 0 aliphatic carbocycles. The molecule has 2 N–H and O–H groups in total. The van der Waals surface area contributed by atoms with Crippen LogP contribution in [0.3, 0.4) is 0 Å². The van der Waals surface area contributed by atoms with E-state index >= 15 is 0 Å². The summed E-state index contributed by atoms with van der Waals surface area (Å²) in [6.07, 6.45) is 1.95. The molecule has 0 bridgehead atoms. The number of hydrogen-bond donors (Lipinski definition) is 2. The van der Waals surface area contributed by atoms with Crippen molar-refractivity contribution < 1.29 is 14.0 Å². The van der Waals surface area contributed by atoms with Crippen LogP contribution < -0.4 is 5.32 Å². The average molecular weight is 458 g/mol. The summed E-state index contributed by atoms with van der Waals surface area (Å²) in [6.45, 7) is 3.62. The molecular weight excluding hydrogens is 429 g/mol. The highest BCUT2D eigenvalue weighted by molar-refractivity contribution is 5.98. The Kier molecular flexibility index (Phi) is 6.05. The molecular formula is C28H28FN3O2. The molecule has 6 heteroatoms. The van der Waals surface area contributed by atoms with Crippen LogP contribution in [0.5, 0.6) is 0 Å². The lowest BCUT2D eigenvalue weighted by atomic mass is 9.95. The van der Waals surface area contributed by atoms with Crippen LogP contribution in [0.2, 0.25) is 0 Å². The van der Waals surface area contributed by atoms with E-state index in [2.05, 4.69) is 10.3 Å². The zero-order valence-corrected chi connectivity index (χ0v) is 19.2. The van der Waals surface area contributed by atoms with Gasteiger partial charge in [-0.1, -0.05) is 30.3 Å². The van der Waals surface area contributed by atoms with Crippen LogP contribution in [0, 0.1) is 18.7 Å². The topological polar surface area (TPSA) is 65.2 Å². The molecule has 4 aromatic rings. The molecule has 2 amide bonds. The number of piperidine rings is 1. The number of hydrogen-bond acceptors (Lipinski definition) is 2. The Hall–Kier alpha value is -3.67. The fourth-order valence-corrected chi connectivity index (χ4v) is 4.98. The molecule has 1 saturated heterocycles. The lowest BCUT2D eigenvalue weighted by Gasteiger charge is -2.31. The summed E-state index contributed by atoms with van der Waals surface area (Å²) in [6, 6.07) is 18.5. The van der Waals surface area contributed by atoms with Gasteiger partial charge in [0.05, 0.1) is 0 Å². The summed E-state index contributed by atoms with van der Waals surface area (Å²) in [7, 11) is 0. The maximum atomic E-state index is 13.7. The van der Waals surface area contributed by atoms with E-state index in [-0.39, 0.29) is 23.5 Å². The third kappa shape index (κ3) is 4.40. The number of fused-ring (bicyclic) bond motifs is 2. The predicted octanol–water partition coefficient (Wildman–Crippen LogP) is 4.98. The molecule has 174 valence electrons. The SMILES string of the molecule is Cc1[nH]c2ccc(F)cc2c1CCNC(=O)C1CCN(C(=O)c2ccc3ccccc3c2)CC1. The Balaban J connectivity index is 1.14. The monoisotopic (exact) mass is 457 g/mol. The molecule has 1 fully saturated rings. The second-order valence-corrected chi connectivity index (χ2v) is 9.09. The van der Waals surface area contributed by atoms with Crippen molar-refractivity contribution in [3.05, 3.63) is 83.3 Å². The van der Waals surface area contributed by atoms with E-state index in [9.17, 15) is 14.0 Å². The van der Waals surface area contributed by atoms with Gasteiger partial charge >= 0.3 is 0 Å². The highest BCUT2D eigenvalue weighted by Crippen LogP contribution is 2.24. The van der Waals surface area contributed by atoms with Crippen LogP contribution in [-0.4, -0.2) is 41.3 Å². The summed E-state index contributed by atoms with van der Waals surface area (Å²) in [4.78, 5) is 30.8. The van der Waals surface area contributed by atoms with Crippen molar-refractivity contribution in [2.45, 2.75) is 26.2 Å². The number of aromatic nitrogens is 1. The standard InChI is InChI=1S/C28H28FN3O2/c1-18-24(25-17-23(29)8-9-26(25)31-18)10-13-30-27(33)20-11-14-32(15-12-20)28(34)22-7-6-19-4-2-3-5-21(19)16-22/h2-9,16-17,20,31H,10-15H2,1H3,(H,30,33). The van der Waals surface area contributed by atoms with Gasteiger partial charge < -0.3 is 15.2 Å². The van der Waals surface area contributed by atoms with Crippen molar-refractivity contribution in [1.82, 2.24) is 15.2 Å². The molecule has 2 heterocycles. The minimum atomic E-state index is -0.262. The largest absolute Gasteiger partial charge is 0.358 e. The third-order valence-corrected chi connectivity index (χ3v) is 6.91. The van der Waals surface area contributed by atoms with Crippen LogP contribution >= 0.6 is 0 Å². The first-order chi connectivity index (χ1) is 16.5. The Morgan fingerprint density at radius 1 is 1.03 bits per heavy atom. The van der Waals surface area contributed by atoms with Crippen molar-refractivity contribution in [3.63, 3.8) is 0 Å². The van der Waals surface area contributed by atoms with Crippen LogP contribution in [0.4, 0.5) is 4.39 Å². The fraction of sp³-hybridized carbons (Fsp3) is 0.286. The number of carbonyl (C=O) groups excluding carboxylic acids is 2. The number of aryl methyl sites for hydroxylation is 1. The molecule has 3 aromatic carbocycles. The van der Waals surface area contributed by atoms with Gasteiger partial charge in [0.25, 0.3) is 5.91 Å². The molecule has 0 radical (unpaired) electrons. The van der Waals surface area contributed by atoms with E-state index < -0.39 is 0 Å². The maximum absolute atomic E-state index is 13.7. The summed E-state index contributed by atoms with van der Waals surface area (Å²) in [5.74, 6) is -0.308. The first-order valence-electron chi connectivity index (χ1n) is 11.8. The molecule has 5 nitrogen and oxygen atoms in total. The number of halogens is 1. The number of likely N-dealkylation sites (tertiary alicyclic amines) is 1. The number of nitrogens with zero attached hydrogens (tertiary/aromatic N) is 1. The normalized spacial score (nSPS) is 14.6. The molecule has 0 saturated carbocycles. The second kappa shape index (κ2) is 9.29. The van der Waals surface area contributed by atoms with Gasteiger partial charge in [-0.2, -0.15) is 0 Å². The Morgan fingerprint density at radius 3 is 2.59 bits per heavy atom. The molecule has 0 unspecified atom stereocenters. The molecule has 0 spiro atoms. The summed E-state index contributed by atoms with van der Waals surface area (Å²) in [5.41, 5.74) is 3.62. The minimum Gasteiger partial charge on any atom is -0.358 e. The van der Waals surface area contributed by atoms with Gasteiger partial charge in [-0.05, 0) is 72.9 Å². The molecule has 1 aromatic heterocycles. The molecule has 1 aliphatic rings. The summed E-state index contributed by atoms with van der Waals surface area (Å²) in [5, 5.41) is 6.08. The number of aromatic amines is 1. The van der Waals surface area contributed by atoms with Gasteiger partial charge in [0.1, 0.15) is 5.82 Å². The van der Waals surface area contributed by atoms with Crippen LogP contribution in [-0.2, 0) is 11.2 Å². The molecule has 5 rings (SSSR count). The predicted molar refractivity (Wildman–Crippen MR) is 132 cm³/mol. The van der Waals surface area contributed by atoms with Gasteiger partial charge in [0.15, 0.2) is 0 Å². The summed E-state index contributed by atoms with van der Waals surface area (Å²) < 4.78 is 13.7. The Bertz CT molecular complexity index is 1370. The van der Waals surface area contributed by atoms with Crippen LogP contribution in [0.15, 0.2) is 60.7 Å². The van der Waals surface area contributed by atoms with E-state index in [1.165, 1.54) is 12.1 Å². The smallest absolute Gasteiger partial charge is 0.253 e. The first kappa shape index (κ1) is 22.1. The zero-order valence-electron chi connectivity index (χ0n) is 19.2. The minimum absolute atomic E-state index is 0.0201. The highest BCUT2D eigenvalue weighted by atomic mass is 19.1. The van der Waals surface area contributed by atoms with Crippen molar-refractivity contribution >= 4 is 33.5 Å². The van der Waals surface area contributed by atoms with E-state index in [1.54, 1.807) is 6.07 Å². The highest BCUT2D eigenvalue weighted by Gasteiger charge is 2.27. The van der Waals surface area contributed by atoms with Gasteiger partial charge in [-0.3, -0.25) is 9.59 Å². The van der Waals surface area contributed by atoms with Crippen LogP contribution in [0.1, 0.15) is 34.5 Å². The van der Waals surface area contributed by atoms with Gasteiger partial charge in [0.2, 0.25) is 5.91 Å². The molecule has 1 aliphatic heterocycles. The van der Waals surface area contributed by atoms with E-state index in [4.69, 9.17) is 0 Å². The lowest BCUT2D eigenvalue weighted by molar-refractivity contribution is -0.126. The van der Waals surface area contributed by atoms with Crippen LogP contribution in [0.25, 0.3) is 21.7 Å². The van der Waals surface area contributed by atoms with Gasteiger partial charge in [0, 0.05) is 47.7 Å². The van der Waals surface area contributed by atoms with E-state index in [0.717, 1.165) is 32.9 Å². The van der Waals surface area contributed by atoms with Crippen molar-refractivity contribution in [2.75, 3.05) is 19.6 Å². The van der Waals surface area contributed by atoms with E-state index in [1.807, 2.05) is 54.3 Å². The van der Waals surface area contributed by atoms with E-state index in [0.29, 0.717) is 44.5 Å². The molecule has 34 heavy (non-hydrogen) atoms. The number of H-pyrrole nitrogens is 1. The Morgan fingerprint density at radius 2 is 1.79 bits per heavy atom. The Labute approximate surface area is 198 Å². The number of carbonyl (C=O) groups is 2. The van der Waals surface area contributed by atoms with Crippen molar-refractivity contribution in [3.8, 4) is 0 Å². The number of rotatable bonds is 5. The fourth-order valence-electron chi connectivity index (χ4n) is 4.98. The van der Waals surface area contributed by atoms with Gasteiger partial charge in [-0.25, -0.2) is 4.39 Å². The number of benzene rings is 3. The average Bonchev–Trinajstić information content (AvgIpc) is 3.17. The lowest BCUT2D eigenvalue weighted by Crippen LogP contribution is -2.43.